The number of nitro groups is 1. The Kier molecular flexibility index (Phi) is 3.43. The molecule has 0 fully saturated rings. The van der Waals surface area contributed by atoms with E-state index in [1.807, 2.05) is 0 Å². The molecule has 1 aromatic carbocycles. The summed E-state index contributed by atoms with van der Waals surface area (Å²) in [6.45, 7) is 1.65. The van der Waals surface area contributed by atoms with Crippen molar-refractivity contribution in [2.45, 2.75) is 6.92 Å². The minimum absolute atomic E-state index is 0.0609. The van der Waals surface area contributed by atoms with Gasteiger partial charge in [-0.15, -0.1) is 0 Å². The van der Waals surface area contributed by atoms with E-state index in [9.17, 15) is 10.1 Å². The number of aromatic nitrogens is 1. The van der Waals surface area contributed by atoms with Crippen LogP contribution in [0.15, 0.2) is 36.5 Å². The standard InChI is InChI=1S/C12H9ClN2O3/c1-8-3-2-4-10(12(8)15(16)17)18-11-6-5-9(13)7-14-11/h2-7H,1H3. The summed E-state index contributed by atoms with van der Waals surface area (Å²) in [5, 5.41) is 11.4. The Labute approximate surface area is 108 Å². The number of hydrogen-bond acceptors (Lipinski definition) is 4. The van der Waals surface area contributed by atoms with Gasteiger partial charge in [-0.25, -0.2) is 4.98 Å². The molecular weight excluding hydrogens is 256 g/mol. The van der Waals surface area contributed by atoms with Gasteiger partial charge in [0.15, 0.2) is 0 Å². The zero-order valence-corrected chi connectivity index (χ0v) is 10.2. The summed E-state index contributed by atoms with van der Waals surface area (Å²) in [6, 6.07) is 8.02. The summed E-state index contributed by atoms with van der Waals surface area (Å²) in [7, 11) is 0. The van der Waals surface area contributed by atoms with Gasteiger partial charge in [-0.3, -0.25) is 10.1 Å². The Morgan fingerprint density at radius 1 is 1.33 bits per heavy atom. The maximum Gasteiger partial charge on any atom is 0.314 e. The van der Waals surface area contributed by atoms with E-state index < -0.39 is 4.92 Å². The van der Waals surface area contributed by atoms with E-state index in [0.717, 1.165) is 0 Å². The van der Waals surface area contributed by atoms with Gasteiger partial charge in [-0.2, -0.15) is 0 Å². The summed E-state index contributed by atoms with van der Waals surface area (Å²) in [5.74, 6) is 0.419. The van der Waals surface area contributed by atoms with Crippen molar-refractivity contribution < 1.29 is 9.66 Å². The van der Waals surface area contributed by atoms with Gasteiger partial charge in [0.25, 0.3) is 0 Å². The first-order valence-electron chi connectivity index (χ1n) is 5.11. The third-order valence-corrected chi connectivity index (χ3v) is 2.52. The van der Waals surface area contributed by atoms with Crippen LogP contribution in [0.1, 0.15) is 5.56 Å². The number of halogens is 1. The van der Waals surface area contributed by atoms with Crippen LogP contribution < -0.4 is 4.74 Å². The highest BCUT2D eigenvalue weighted by atomic mass is 35.5. The summed E-state index contributed by atoms with van der Waals surface area (Å²) in [5.41, 5.74) is 0.473. The van der Waals surface area contributed by atoms with Gasteiger partial charge in [0.05, 0.1) is 9.95 Å². The molecule has 92 valence electrons. The van der Waals surface area contributed by atoms with E-state index in [-0.39, 0.29) is 17.3 Å². The monoisotopic (exact) mass is 264 g/mol. The first kappa shape index (κ1) is 12.3. The molecule has 2 aromatic rings. The molecule has 6 heteroatoms. The van der Waals surface area contributed by atoms with Crippen molar-refractivity contribution in [1.29, 1.82) is 0 Å². The number of para-hydroxylation sites is 1. The molecule has 0 radical (unpaired) electrons. The van der Waals surface area contributed by atoms with Crippen LogP contribution >= 0.6 is 11.6 Å². The van der Waals surface area contributed by atoms with Crippen molar-refractivity contribution in [2.24, 2.45) is 0 Å². The smallest absolute Gasteiger partial charge is 0.314 e. The van der Waals surface area contributed by atoms with Crippen LogP contribution in [0.25, 0.3) is 0 Å². The molecular formula is C12H9ClN2O3. The van der Waals surface area contributed by atoms with Gasteiger partial charge in [-0.1, -0.05) is 23.7 Å². The van der Waals surface area contributed by atoms with E-state index in [1.165, 1.54) is 12.3 Å². The normalized spacial score (nSPS) is 10.1. The van der Waals surface area contributed by atoms with Crippen LogP contribution in [-0.2, 0) is 0 Å². The summed E-state index contributed by atoms with van der Waals surface area (Å²) < 4.78 is 5.40. The van der Waals surface area contributed by atoms with E-state index in [2.05, 4.69) is 4.98 Å². The molecule has 0 atom stereocenters. The van der Waals surface area contributed by atoms with Gasteiger partial charge in [0.1, 0.15) is 0 Å². The molecule has 0 aliphatic rings. The van der Waals surface area contributed by atoms with E-state index >= 15 is 0 Å². The third kappa shape index (κ3) is 2.57. The predicted molar refractivity (Wildman–Crippen MR) is 67.2 cm³/mol. The molecule has 2 rings (SSSR count). The Morgan fingerprint density at radius 3 is 2.72 bits per heavy atom. The summed E-state index contributed by atoms with van der Waals surface area (Å²) in [4.78, 5) is 14.4. The van der Waals surface area contributed by atoms with Crippen molar-refractivity contribution in [2.75, 3.05) is 0 Å². The second kappa shape index (κ2) is 5.01. The third-order valence-electron chi connectivity index (χ3n) is 2.30. The summed E-state index contributed by atoms with van der Waals surface area (Å²) >= 11 is 5.70. The van der Waals surface area contributed by atoms with Gasteiger partial charge in [0.2, 0.25) is 11.6 Å². The molecule has 0 aliphatic carbocycles. The second-order valence-electron chi connectivity index (χ2n) is 3.60. The van der Waals surface area contributed by atoms with Gasteiger partial charge in [-0.05, 0) is 19.1 Å². The molecule has 18 heavy (non-hydrogen) atoms. The molecule has 0 spiro atoms. The Morgan fingerprint density at radius 2 is 2.11 bits per heavy atom. The van der Waals surface area contributed by atoms with Gasteiger partial charge in [0, 0.05) is 17.8 Å². The van der Waals surface area contributed by atoms with Crippen molar-refractivity contribution >= 4 is 17.3 Å². The van der Waals surface area contributed by atoms with Crippen molar-refractivity contribution in [3.63, 3.8) is 0 Å². The number of pyridine rings is 1. The number of benzene rings is 1. The Balaban J connectivity index is 2.37. The summed E-state index contributed by atoms with van der Waals surface area (Å²) in [6.07, 6.45) is 1.42. The van der Waals surface area contributed by atoms with Crippen LogP contribution in [0, 0.1) is 17.0 Å². The van der Waals surface area contributed by atoms with Crippen molar-refractivity contribution in [1.82, 2.24) is 4.98 Å². The van der Waals surface area contributed by atoms with E-state index in [1.54, 1.807) is 31.2 Å². The lowest BCUT2D eigenvalue weighted by Gasteiger charge is -2.06. The van der Waals surface area contributed by atoms with E-state index in [4.69, 9.17) is 16.3 Å². The quantitative estimate of drug-likeness (QED) is 0.626. The highest BCUT2D eigenvalue weighted by molar-refractivity contribution is 6.30. The topological polar surface area (TPSA) is 65.3 Å². The number of ether oxygens (including phenoxy) is 1. The molecule has 0 saturated carbocycles. The predicted octanol–water partition coefficient (Wildman–Crippen LogP) is 3.74. The van der Waals surface area contributed by atoms with Crippen LogP contribution in [0.2, 0.25) is 5.02 Å². The Bertz CT molecular complexity index is 584. The second-order valence-corrected chi connectivity index (χ2v) is 4.03. The number of nitro benzene ring substituents is 1. The lowest BCUT2D eigenvalue weighted by atomic mass is 10.2. The number of aryl methyl sites for hydroxylation is 1. The number of hydrogen-bond donors (Lipinski definition) is 0. The number of rotatable bonds is 3. The molecule has 0 aliphatic heterocycles. The largest absolute Gasteiger partial charge is 0.432 e. The molecule has 0 bridgehead atoms. The molecule has 0 N–H and O–H groups in total. The molecule has 1 aromatic heterocycles. The average Bonchev–Trinajstić information content (AvgIpc) is 2.32. The van der Waals surface area contributed by atoms with E-state index in [0.29, 0.717) is 10.6 Å². The SMILES string of the molecule is Cc1cccc(Oc2ccc(Cl)cn2)c1[N+](=O)[O-]. The fourth-order valence-corrected chi connectivity index (χ4v) is 1.60. The van der Waals surface area contributed by atoms with Gasteiger partial charge >= 0.3 is 5.69 Å². The molecule has 0 saturated heterocycles. The van der Waals surface area contributed by atoms with Crippen LogP contribution in [0.4, 0.5) is 5.69 Å². The maximum absolute atomic E-state index is 11.0. The fraction of sp³-hybridized carbons (Fsp3) is 0.0833. The van der Waals surface area contributed by atoms with Crippen molar-refractivity contribution in [3.05, 3.63) is 57.2 Å². The fourth-order valence-electron chi connectivity index (χ4n) is 1.48. The average molecular weight is 265 g/mol. The number of nitrogens with zero attached hydrogens (tertiary/aromatic N) is 2. The zero-order chi connectivity index (χ0) is 13.1. The minimum atomic E-state index is -0.472. The van der Waals surface area contributed by atoms with Gasteiger partial charge < -0.3 is 4.74 Å². The van der Waals surface area contributed by atoms with Crippen LogP contribution in [0.5, 0.6) is 11.6 Å². The highest BCUT2D eigenvalue weighted by Gasteiger charge is 2.18. The Hall–Kier alpha value is -2.14. The van der Waals surface area contributed by atoms with Crippen LogP contribution in [-0.4, -0.2) is 9.91 Å². The van der Waals surface area contributed by atoms with Crippen molar-refractivity contribution in [3.8, 4) is 11.6 Å². The first-order chi connectivity index (χ1) is 8.58. The highest BCUT2D eigenvalue weighted by Crippen LogP contribution is 2.33. The first-order valence-corrected chi connectivity index (χ1v) is 5.49. The lowest BCUT2D eigenvalue weighted by Crippen LogP contribution is -1.96. The van der Waals surface area contributed by atoms with Crippen LogP contribution in [0.3, 0.4) is 0 Å². The zero-order valence-electron chi connectivity index (χ0n) is 9.46. The maximum atomic E-state index is 11.0. The molecule has 0 amide bonds. The minimum Gasteiger partial charge on any atom is -0.432 e. The molecule has 5 nitrogen and oxygen atoms in total. The lowest BCUT2D eigenvalue weighted by molar-refractivity contribution is -0.386. The molecule has 1 heterocycles. The molecule has 0 unspecified atom stereocenters.